The summed E-state index contributed by atoms with van der Waals surface area (Å²) >= 11 is 0. The fourth-order valence-corrected chi connectivity index (χ4v) is 4.36. The summed E-state index contributed by atoms with van der Waals surface area (Å²) < 4.78 is 13.3. The lowest BCUT2D eigenvalue weighted by Gasteiger charge is -2.29. The topological polar surface area (TPSA) is 49.4 Å². The highest BCUT2D eigenvalue weighted by Crippen LogP contribution is 2.49. The van der Waals surface area contributed by atoms with Crippen molar-refractivity contribution in [1.82, 2.24) is 4.90 Å². The maximum Gasteiger partial charge on any atom is 0.254 e. The van der Waals surface area contributed by atoms with Gasteiger partial charge in [0.15, 0.2) is 0 Å². The number of carbonyl (C=O) groups excluding carboxylic acids is 2. The van der Waals surface area contributed by atoms with Crippen LogP contribution in [0.4, 0.5) is 10.1 Å². The SMILES string of the molecule is O=C(c1ccccc1)N1CCc2ccc(NC(=O)C3(c4ccc(F)cc4)CC3)cc2C1. The Labute approximate surface area is 180 Å². The molecule has 156 valence electrons. The van der Waals surface area contributed by atoms with E-state index in [2.05, 4.69) is 5.32 Å². The molecule has 0 spiro atoms. The summed E-state index contributed by atoms with van der Waals surface area (Å²) in [6.45, 7) is 1.20. The van der Waals surface area contributed by atoms with Crippen LogP contribution < -0.4 is 5.32 Å². The Balaban J connectivity index is 1.32. The lowest BCUT2D eigenvalue weighted by atomic mass is 9.94. The van der Waals surface area contributed by atoms with E-state index in [1.54, 1.807) is 12.1 Å². The van der Waals surface area contributed by atoms with Crippen LogP contribution in [0.15, 0.2) is 72.8 Å². The highest BCUT2D eigenvalue weighted by atomic mass is 19.1. The summed E-state index contributed by atoms with van der Waals surface area (Å²) in [4.78, 5) is 27.7. The third-order valence-electron chi connectivity index (χ3n) is 6.37. The van der Waals surface area contributed by atoms with Crippen molar-refractivity contribution < 1.29 is 14.0 Å². The first kappa shape index (κ1) is 19.5. The molecule has 1 heterocycles. The number of anilines is 1. The molecule has 1 aliphatic carbocycles. The van der Waals surface area contributed by atoms with E-state index in [0.717, 1.165) is 36.1 Å². The molecule has 2 amide bonds. The Kier molecular flexibility index (Phi) is 4.81. The second kappa shape index (κ2) is 7.65. The van der Waals surface area contributed by atoms with Crippen LogP contribution in [0.2, 0.25) is 0 Å². The molecule has 1 aliphatic heterocycles. The molecule has 0 bridgehead atoms. The predicted molar refractivity (Wildman–Crippen MR) is 117 cm³/mol. The Bertz CT molecular complexity index is 1140. The molecule has 0 saturated heterocycles. The minimum absolute atomic E-state index is 0.0222. The molecule has 5 heteroatoms. The normalized spacial score (nSPS) is 16.4. The molecule has 31 heavy (non-hydrogen) atoms. The fraction of sp³-hybridized carbons (Fsp3) is 0.231. The number of benzene rings is 3. The van der Waals surface area contributed by atoms with Crippen LogP contribution in [-0.4, -0.2) is 23.3 Å². The molecular weight excluding hydrogens is 391 g/mol. The van der Waals surface area contributed by atoms with E-state index >= 15 is 0 Å². The van der Waals surface area contributed by atoms with Crippen molar-refractivity contribution in [3.8, 4) is 0 Å². The summed E-state index contributed by atoms with van der Waals surface area (Å²) in [5.74, 6) is -0.342. The van der Waals surface area contributed by atoms with Gasteiger partial charge in [0, 0.05) is 24.3 Å². The van der Waals surface area contributed by atoms with Gasteiger partial charge in [0.2, 0.25) is 5.91 Å². The number of hydrogen-bond donors (Lipinski definition) is 1. The standard InChI is InChI=1S/C26H23FN2O2/c27-22-9-7-21(8-10-22)26(13-14-26)25(31)28-23-11-6-18-12-15-29(17-20(18)16-23)24(30)19-4-2-1-3-5-19/h1-11,16H,12-15,17H2,(H,28,31). The van der Waals surface area contributed by atoms with Crippen LogP contribution in [0, 0.1) is 5.82 Å². The Morgan fingerprint density at radius 1 is 0.903 bits per heavy atom. The van der Waals surface area contributed by atoms with Crippen LogP contribution in [0.3, 0.4) is 0 Å². The monoisotopic (exact) mass is 414 g/mol. The second-order valence-corrected chi connectivity index (χ2v) is 8.37. The molecule has 4 nitrogen and oxygen atoms in total. The van der Waals surface area contributed by atoms with Gasteiger partial charge in [0.1, 0.15) is 5.82 Å². The molecule has 0 unspecified atom stereocenters. The number of halogens is 1. The van der Waals surface area contributed by atoms with E-state index < -0.39 is 5.41 Å². The van der Waals surface area contributed by atoms with Crippen molar-refractivity contribution in [1.29, 1.82) is 0 Å². The van der Waals surface area contributed by atoms with E-state index in [0.29, 0.717) is 18.7 Å². The third kappa shape index (κ3) is 3.72. The number of fused-ring (bicyclic) bond motifs is 1. The summed E-state index contributed by atoms with van der Waals surface area (Å²) in [7, 11) is 0. The van der Waals surface area contributed by atoms with Gasteiger partial charge in [-0.2, -0.15) is 0 Å². The average molecular weight is 414 g/mol. The number of hydrogen-bond acceptors (Lipinski definition) is 2. The van der Waals surface area contributed by atoms with Gasteiger partial charge in [-0.25, -0.2) is 4.39 Å². The number of carbonyl (C=O) groups is 2. The lowest BCUT2D eigenvalue weighted by Crippen LogP contribution is -2.36. The van der Waals surface area contributed by atoms with Crippen molar-refractivity contribution in [3.05, 3.63) is 101 Å². The molecule has 1 saturated carbocycles. The van der Waals surface area contributed by atoms with Crippen molar-refractivity contribution in [2.45, 2.75) is 31.2 Å². The van der Waals surface area contributed by atoms with Crippen LogP contribution in [0.5, 0.6) is 0 Å². The Hall–Kier alpha value is -3.47. The molecule has 1 N–H and O–H groups in total. The minimum atomic E-state index is -0.571. The van der Waals surface area contributed by atoms with Crippen LogP contribution in [-0.2, 0) is 23.2 Å². The maximum atomic E-state index is 13.3. The predicted octanol–water partition coefficient (Wildman–Crippen LogP) is 4.69. The molecule has 0 atom stereocenters. The van der Waals surface area contributed by atoms with Gasteiger partial charge in [-0.3, -0.25) is 9.59 Å². The number of amides is 2. The molecule has 2 aliphatic rings. The first-order valence-electron chi connectivity index (χ1n) is 10.6. The highest BCUT2D eigenvalue weighted by Gasteiger charge is 2.51. The van der Waals surface area contributed by atoms with Crippen molar-refractivity contribution >= 4 is 17.5 Å². The first-order chi connectivity index (χ1) is 15.0. The maximum absolute atomic E-state index is 13.3. The molecule has 0 radical (unpaired) electrons. The second-order valence-electron chi connectivity index (χ2n) is 8.37. The third-order valence-corrected chi connectivity index (χ3v) is 6.37. The quantitative estimate of drug-likeness (QED) is 0.673. The molecule has 5 rings (SSSR count). The number of rotatable bonds is 4. The van der Waals surface area contributed by atoms with Crippen LogP contribution >= 0.6 is 0 Å². The van der Waals surface area contributed by atoms with Gasteiger partial charge in [-0.1, -0.05) is 36.4 Å². The minimum Gasteiger partial charge on any atom is -0.334 e. The van der Waals surface area contributed by atoms with Gasteiger partial charge < -0.3 is 10.2 Å². The molecule has 0 aromatic heterocycles. The summed E-state index contributed by atoms with van der Waals surface area (Å²) in [5.41, 5.74) is 3.95. The summed E-state index contributed by atoms with van der Waals surface area (Å²) in [6, 6.07) is 21.4. The van der Waals surface area contributed by atoms with Crippen LogP contribution in [0.25, 0.3) is 0 Å². The molecular formula is C26H23FN2O2. The van der Waals surface area contributed by atoms with Crippen LogP contribution in [0.1, 0.15) is 39.9 Å². The summed E-state index contributed by atoms with van der Waals surface area (Å²) in [5, 5.41) is 3.05. The van der Waals surface area contributed by atoms with Gasteiger partial charge in [-0.15, -0.1) is 0 Å². The summed E-state index contributed by atoms with van der Waals surface area (Å²) in [6.07, 6.45) is 2.31. The van der Waals surface area contributed by atoms with E-state index in [1.807, 2.05) is 53.4 Å². The van der Waals surface area contributed by atoms with Crippen molar-refractivity contribution in [2.24, 2.45) is 0 Å². The van der Waals surface area contributed by atoms with E-state index in [1.165, 1.54) is 17.7 Å². The average Bonchev–Trinajstić information content (AvgIpc) is 3.61. The molecule has 3 aromatic rings. The van der Waals surface area contributed by atoms with Gasteiger partial charge in [-0.05, 0) is 72.4 Å². The van der Waals surface area contributed by atoms with E-state index in [-0.39, 0.29) is 17.6 Å². The zero-order valence-electron chi connectivity index (χ0n) is 17.1. The Morgan fingerprint density at radius 3 is 2.35 bits per heavy atom. The number of nitrogens with zero attached hydrogens (tertiary/aromatic N) is 1. The highest BCUT2D eigenvalue weighted by molar-refractivity contribution is 6.01. The first-order valence-corrected chi connectivity index (χ1v) is 10.6. The smallest absolute Gasteiger partial charge is 0.254 e. The largest absolute Gasteiger partial charge is 0.334 e. The Morgan fingerprint density at radius 2 is 1.65 bits per heavy atom. The van der Waals surface area contributed by atoms with Crippen molar-refractivity contribution in [2.75, 3.05) is 11.9 Å². The van der Waals surface area contributed by atoms with E-state index in [4.69, 9.17) is 0 Å². The van der Waals surface area contributed by atoms with Crippen molar-refractivity contribution in [3.63, 3.8) is 0 Å². The lowest BCUT2D eigenvalue weighted by molar-refractivity contribution is -0.118. The molecule has 1 fully saturated rings. The zero-order valence-corrected chi connectivity index (χ0v) is 17.1. The van der Waals surface area contributed by atoms with Gasteiger partial charge in [0.05, 0.1) is 5.41 Å². The van der Waals surface area contributed by atoms with E-state index in [9.17, 15) is 14.0 Å². The van der Waals surface area contributed by atoms with Gasteiger partial charge >= 0.3 is 0 Å². The molecule has 3 aromatic carbocycles. The number of nitrogens with one attached hydrogen (secondary N) is 1. The van der Waals surface area contributed by atoms with Gasteiger partial charge in [0.25, 0.3) is 5.91 Å². The zero-order chi connectivity index (χ0) is 21.4. The fourth-order valence-electron chi connectivity index (χ4n) is 4.36.